The van der Waals surface area contributed by atoms with Crippen molar-refractivity contribution in [2.75, 3.05) is 11.4 Å². The van der Waals surface area contributed by atoms with Gasteiger partial charge in [-0.1, -0.05) is 48.5 Å². The van der Waals surface area contributed by atoms with Gasteiger partial charge in [0.15, 0.2) is 6.04 Å². The van der Waals surface area contributed by atoms with Crippen molar-refractivity contribution in [2.24, 2.45) is 15.2 Å². The Labute approximate surface area is 134 Å². The summed E-state index contributed by atoms with van der Waals surface area (Å²) in [6.07, 6.45) is 0.949. The molecule has 1 atom stereocenters. The number of fused-ring (bicyclic) bond motifs is 3. The highest BCUT2D eigenvalue weighted by Crippen LogP contribution is 2.40. The minimum absolute atomic E-state index is 0.112. The highest BCUT2D eigenvalue weighted by molar-refractivity contribution is 7.80. The Hall–Kier alpha value is -2.40. The summed E-state index contributed by atoms with van der Waals surface area (Å²) in [7, 11) is 0. The Morgan fingerprint density at radius 3 is 2.64 bits per heavy atom. The second kappa shape index (κ2) is 5.42. The van der Waals surface area contributed by atoms with Crippen molar-refractivity contribution < 1.29 is 0 Å². The highest BCUT2D eigenvalue weighted by Gasteiger charge is 2.36. The lowest BCUT2D eigenvalue weighted by atomic mass is 10.1. The highest BCUT2D eigenvalue weighted by atomic mass is 32.1. The maximum Gasteiger partial charge on any atom is 0.241 e. The van der Waals surface area contributed by atoms with E-state index in [2.05, 4.69) is 56.5 Å². The molecular weight excluding hydrogens is 292 g/mol. The van der Waals surface area contributed by atoms with Crippen molar-refractivity contribution in [3.05, 3.63) is 65.7 Å². The van der Waals surface area contributed by atoms with Gasteiger partial charge >= 0.3 is 0 Å². The molecule has 0 saturated carbocycles. The molecule has 1 unspecified atom stereocenters. The van der Waals surface area contributed by atoms with Crippen molar-refractivity contribution in [3.8, 4) is 0 Å². The Morgan fingerprint density at radius 2 is 1.77 bits per heavy atom. The fourth-order valence-corrected chi connectivity index (χ4v) is 3.10. The molecule has 0 aromatic heterocycles. The van der Waals surface area contributed by atoms with Crippen molar-refractivity contribution in [2.45, 2.75) is 12.5 Å². The van der Waals surface area contributed by atoms with E-state index in [4.69, 9.17) is 12.2 Å². The molecule has 0 bridgehead atoms. The van der Waals surface area contributed by atoms with Crippen LogP contribution in [0.4, 0.5) is 5.69 Å². The monoisotopic (exact) mass is 306 g/mol. The number of nitrogens with zero attached hydrogens (tertiary/aromatic N) is 4. The molecular formula is C17H14N4S. The molecule has 0 N–H and O–H groups in total. The van der Waals surface area contributed by atoms with Crippen molar-refractivity contribution in [3.63, 3.8) is 0 Å². The summed E-state index contributed by atoms with van der Waals surface area (Å²) in [5.74, 6) is 0.900. The van der Waals surface area contributed by atoms with E-state index >= 15 is 0 Å². The first-order valence-electron chi connectivity index (χ1n) is 7.27. The first kappa shape index (κ1) is 13.3. The van der Waals surface area contributed by atoms with Crippen molar-refractivity contribution >= 4 is 28.9 Å². The molecule has 0 spiro atoms. The molecule has 0 saturated heterocycles. The lowest BCUT2D eigenvalue weighted by molar-refractivity contribution is 0.870. The van der Waals surface area contributed by atoms with Gasteiger partial charge in [-0.2, -0.15) is 5.11 Å². The van der Waals surface area contributed by atoms with Gasteiger partial charge in [-0.05, 0) is 30.3 Å². The Bertz CT molecular complexity index is 782. The quantitative estimate of drug-likeness (QED) is 0.806. The van der Waals surface area contributed by atoms with Crippen LogP contribution < -0.4 is 4.90 Å². The molecule has 2 heterocycles. The van der Waals surface area contributed by atoms with E-state index < -0.39 is 0 Å². The molecule has 0 amide bonds. The Kier molecular flexibility index (Phi) is 3.27. The lowest BCUT2D eigenvalue weighted by Gasteiger charge is -2.21. The van der Waals surface area contributed by atoms with Gasteiger partial charge in [-0.25, -0.2) is 4.99 Å². The van der Waals surface area contributed by atoms with Gasteiger partial charge in [-0.3, -0.25) is 0 Å². The van der Waals surface area contributed by atoms with E-state index in [0.29, 0.717) is 5.11 Å². The van der Waals surface area contributed by atoms with Crippen LogP contribution in [0.25, 0.3) is 0 Å². The van der Waals surface area contributed by atoms with Crippen molar-refractivity contribution in [1.82, 2.24) is 0 Å². The second-order valence-corrected chi connectivity index (χ2v) is 5.68. The molecule has 4 rings (SSSR count). The Balaban J connectivity index is 1.67. The third-order valence-corrected chi connectivity index (χ3v) is 4.15. The fourth-order valence-electron chi connectivity index (χ4n) is 2.96. The smallest absolute Gasteiger partial charge is 0.241 e. The zero-order valence-corrected chi connectivity index (χ0v) is 12.7. The number of hydrogen-bond acceptors (Lipinski definition) is 3. The predicted octanol–water partition coefficient (Wildman–Crippen LogP) is 3.94. The average Bonchev–Trinajstić information content (AvgIpc) is 2.87. The van der Waals surface area contributed by atoms with E-state index in [1.807, 2.05) is 18.2 Å². The molecule has 108 valence electrons. The molecule has 2 aliphatic heterocycles. The number of benzene rings is 2. The van der Waals surface area contributed by atoms with Crippen LogP contribution in [0.3, 0.4) is 0 Å². The number of rotatable bonds is 3. The van der Waals surface area contributed by atoms with Crippen LogP contribution in [0.5, 0.6) is 0 Å². The summed E-state index contributed by atoms with van der Waals surface area (Å²) in [6, 6.07) is 18.6. The van der Waals surface area contributed by atoms with Gasteiger partial charge in [0.2, 0.25) is 5.11 Å². The summed E-state index contributed by atoms with van der Waals surface area (Å²) in [5, 5.41) is 8.61. The van der Waals surface area contributed by atoms with Crippen LogP contribution in [0, 0.1) is 0 Å². The van der Waals surface area contributed by atoms with E-state index in [1.54, 1.807) is 0 Å². The van der Waals surface area contributed by atoms with E-state index in [0.717, 1.165) is 30.1 Å². The molecule has 5 heteroatoms. The summed E-state index contributed by atoms with van der Waals surface area (Å²) < 4.78 is 0. The normalized spacial score (nSPS) is 18.9. The molecule has 0 aliphatic carbocycles. The number of anilines is 1. The van der Waals surface area contributed by atoms with Crippen molar-refractivity contribution in [1.29, 1.82) is 0 Å². The third kappa shape index (κ3) is 2.23. The van der Waals surface area contributed by atoms with Gasteiger partial charge in [-0.15, -0.1) is 5.11 Å². The van der Waals surface area contributed by atoms with Crippen LogP contribution in [-0.4, -0.2) is 17.5 Å². The number of para-hydroxylation sites is 1. The minimum atomic E-state index is -0.112. The number of amidine groups is 1. The topological polar surface area (TPSA) is 40.3 Å². The van der Waals surface area contributed by atoms with E-state index in [9.17, 15) is 0 Å². The first-order valence-corrected chi connectivity index (χ1v) is 7.67. The number of hydrogen-bond donors (Lipinski definition) is 0. The fraction of sp³-hybridized carbons (Fsp3) is 0.176. The largest absolute Gasteiger partial charge is 0.327 e. The number of thiocarbonyl (C=S) groups is 1. The lowest BCUT2D eigenvalue weighted by Crippen LogP contribution is -2.32. The van der Waals surface area contributed by atoms with Crippen LogP contribution in [0.15, 0.2) is 69.8 Å². The van der Waals surface area contributed by atoms with E-state index in [1.165, 1.54) is 5.56 Å². The van der Waals surface area contributed by atoms with E-state index in [-0.39, 0.29) is 6.04 Å². The summed E-state index contributed by atoms with van der Waals surface area (Å²) in [4.78, 5) is 6.69. The summed E-state index contributed by atoms with van der Waals surface area (Å²) >= 11 is 5.10. The van der Waals surface area contributed by atoms with Gasteiger partial charge in [0, 0.05) is 17.8 Å². The van der Waals surface area contributed by atoms with Gasteiger partial charge in [0.1, 0.15) is 5.84 Å². The SMILES string of the molecule is S=C1N=NC2C(=N1)N(CCc1ccccc1)c1ccccc12. The number of aliphatic imine (C=N–C) groups is 1. The van der Waals surface area contributed by atoms with Crippen LogP contribution in [0.2, 0.25) is 0 Å². The minimum Gasteiger partial charge on any atom is -0.327 e. The molecule has 22 heavy (non-hydrogen) atoms. The zero-order chi connectivity index (χ0) is 14.9. The first-order chi connectivity index (χ1) is 10.8. The van der Waals surface area contributed by atoms with Crippen LogP contribution >= 0.6 is 12.2 Å². The van der Waals surface area contributed by atoms with Gasteiger partial charge < -0.3 is 4.90 Å². The zero-order valence-electron chi connectivity index (χ0n) is 11.9. The van der Waals surface area contributed by atoms with Gasteiger partial charge in [0.25, 0.3) is 0 Å². The molecule has 4 nitrogen and oxygen atoms in total. The Morgan fingerprint density at radius 1 is 1.00 bits per heavy atom. The second-order valence-electron chi connectivity index (χ2n) is 5.32. The number of azo groups is 1. The average molecular weight is 306 g/mol. The standard InChI is InChI=1S/C17H14N4S/c22-17-18-16-15(19-20-17)13-8-4-5-9-14(13)21(16)11-10-12-6-2-1-3-7-12/h1-9,15H,10-11H2. The molecule has 2 aliphatic rings. The molecule has 2 aromatic rings. The molecule has 2 aromatic carbocycles. The predicted molar refractivity (Wildman–Crippen MR) is 91.6 cm³/mol. The molecule has 0 radical (unpaired) electrons. The third-order valence-electron chi connectivity index (χ3n) is 3.98. The maximum absolute atomic E-state index is 5.10. The van der Waals surface area contributed by atoms with Crippen LogP contribution in [0.1, 0.15) is 17.2 Å². The van der Waals surface area contributed by atoms with Crippen LogP contribution in [-0.2, 0) is 6.42 Å². The summed E-state index contributed by atoms with van der Waals surface area (Å²) in [6.45, 7) is 0.856. The summed E-state index contributed by atoms with van der Waals surface area (Å²) in [5.41, 5.74) is 3.62. The van der Waals surface area contributed by atoms with Gasteiger partial charge in [0.05, 0.1) is 0 Å². The maximum atomic E-state index is 5.10. The molecule has 0 fully saturated rings.